The molecule has 0 fully saturated rings. The fourth-order valence-electron chi connectivity index (χ4n) is 3.70. The second-order valence-electron chi connectivity index (χ2n) is 7.45. The summed E-state index contributed by atoms with van der Waals surface area (Å²) in [6.45, 7) is 2.03. The first-order chi connectivity index (χ1) is 15.5. The first-order valence-electron chi connectivity index (χ1n) is 10.1. The van der Waals surface area contributed by atoms with Crippen molar-refractivity contribution in [2.24, 2.45) is 0 Å². The van der Waals surface area contributed by atoms with E-state index in [1.165, 1.54) is 0 Å². The number of carboxylic acids is 1. The van der Waals surface area contributed by atoms with Crippen molar-refractivity contribution in [2.75, 3.05) is 13.9 Å². The molecule has 0 atom stereocenters. The fraction of sp³-hybridized carbons (Fsp3) is 0.154. The molecule has 0 bridgehead atoms. The number of allylic oxidation sites excluding steroid dienone is 1. The van der Waals surface area contributed by atoms with Gasteiger partial charge in [0.25, 0.3) is 0 Å². The van der Waals surface area contributed by atoms with E-state index in [2.05, 4.69) is 0 Å². The fourth-order valence-corrected chi connectivity index (χ4v) is 3.70. The summed E-state index contributed by atoms with van der Waals surface area (Å²) < 4.78 is 15.9. The van der Waals surface area contributed by atoms with Gasteiger partial charge in [0, 0.05) is 17.6 Å². The number of carbonyl (C=O) groups excluding carboxylic acids is 1. The van der Waals surface area contributed by atoms with E-state index in [1.54, 1.807) is 49.6 Å². The molecule has 0 saturated heterocycles. The van der Waals surface area contributed by atoms with Gasteiger partial charge in [-0.2, -0.15) is 0 Å². The summed E-state index contributed by atoms with van der Waals surface area (Å²) in [6, 6.07) is 19.2. The van der Waals surface area contributed by atoms with Gasteiger partial charge in [-0.05, 0) is 54.4 Å². The van der Waals surface area contributed by atoms with Crippen LogP contribution in [0.3, 0.4) is 0 Å². The Balaban J connectivity index is 1.87. The number of ether oxygens (including phenoxy) is 3. The van der Waals surface area contributed by atoms with Crippen LogP contribution in [0.15, 0.2) is 72.3 Å². The van der Waals surface area contributed by atoms with E-state index < -0.39 is 5.97 Å². The van der Waals surface area contributed by atoms with Gasteiger partial charge in [-0.25, -0.2) is 4.79 Å². The number of ketones is 1. The smallest absolute Gasteiger partial charge is 0.336 e. The molecule has 1 N–H and O–H groups in total. The number of methoxy groups -OCH3 is 1. The number of aryl methyl sites for hydroxylation is 1. The van der Waals surface area contributed by atoms with Crippen LogP contribution >= 0.6 is 0 Å². The first kappa shape index (κ1) is 21.2. The number of fused-ring (bicyclic) bond motifs is 1. The van der Waals surface area contributed by atoms with Crippen molar-refractivity contribution in [2.45, 2.75) is 13.3 Å². The molecule has 0 unspecified atom stereocenters. The number of benzene rings is 3. The summed E-state index contributed by atoms with van der Waals surface area (Å²) >= 11 is 0. The molecule has 3 aromatic carbocycles. The van der Waals surface area contributed by atoms with Crippen LogP contribution in [-0.4, -0.2) is 30.8 Å². The standard InChI is InChI=1S/C26H22O6/c1-16-4-3-5-17(12-16)13-21(25(27)18-6-9-20(30-2)10-7-18)24(26(28)29)19-8-11-22-23(14-19)32-15-31-22/h3-12,14H,13,15H2,1-2H3,(H,28,29)/b24-21-. The minimum Gasteiger partial charge on any atom is -0.497 e. The van der Waals surface area contributed by atoms with Crippen LogP contribution in [0.25, 0.3) is 5.57 Å². The molecule has 162 valence electrons. The van der Waals surface area contributed by atoms with Crippen molar-refractivity contribution in [1.82, 2.24) is 0 Å². The Morgan fingerprint density at radius 1 is 0.938 bits per heavy atom. The summed E-state index contributed by atoms with van der Waals surface area (Å²) in [7, 11) is 1.54. The number of carbonyl (C=O) groups is 2. The van der Waals surface area contributed by atoms with Crippen molar-refractivity contribution in [3.05, 3.63) is 94.6 Å². The average Bonchev–Trinajstić information content (AvgIpc) is 3.26. The lowest BCUT2D eigenvalue weighted by atomic mass is 9.89. The van der Waals surface area contributed by atoms with Gasteiger partial charge >= 0.3 is 5.97 Å². The van der Waals surface area contributed by atoms with Crippen molar-refractivity contribution < 1.29 is 28.9 Å². The molecule has 3 aromatic rings. The quantitative estimate of drug-likeness (QED) is 0.432. The Hall–Kier alpha value is -4.06. The first-order valence-corrected chi connectivity index (χ1v) is 10.1. The molecule has 6 heteroatoms. The van der Waals surface area contributed by atoms with E-state index in [-0.39, 0.29) is 30.1 Å². The topological polar surface area (TPSA) is 82.1 Å². The third kappa shape index (κ3) is 4.34. The maximum atomic E-state index is 13.6. The van der Waals surface area contributed by atoms with Crippen molar-refractivity contribution in [1.29, 1.82) is 0 Å². The lowest BCUT2D eigenvalue weighted by Gasteiger charge is -2.14. The van der Waals surface area contributed by atoms with Gasteiger partial charge < -0.3 is 19.3 Å². The third-order valence-corrected chi connectivity index (χ3v) is 5.27. The molecule has 4 rings (SSSR count). The highest BCUT2D eigenvalue weighted by Crippen LogP contribution is 2.36. The Kier molecular flexibility index (Phi) is 5.94. The van der Waals surface area contributed by atoms with E-state index >= 15 is 0 Å². The molecule has 0 radical (unpaired) electrons. The third-order valence-electron chi connectivity index (χ3n) is 5.27. The van der Waals surface area contributed by atoms with E-state index in [0.29, 0.717) is 28.4 Å². The van der Waals surface area contributed by atoms with E-state index in [9.17, 15) is 14.7 Å². The zero-order chi connectivity index (χ0) is 22.7. The maximum absolute atomic E-state index is 13.6. The molecule has 0 aliphatic carbocycles. The van der Waals surface area contributed by atoms with Crippen LogP contribution in [0.4, 0.5) is 0 Å². The Morgan fingerprint density at radius 3 is 2.34 bits per heavy atom. The highest BCUT2D eigenvalue weighted by Gasteiger charge is 2.25. The number of aliphatic carboxylic acids is 1. The lowest BCUT2D eigenvalue weighted by Crippen LogP contribution is -2.14. The lowest BCUT2D eigenvalue weighted by molar-refractivity contribution is -0.130. The molecule has 0 spiro atoms. The summed E-state index contributed by atoms with van der Waals surface area (Å²) in [5.41, 5.74) is 2.76. The predicted octanol–water partition coefficient (Wildman–Crippen LogP) is 4.70. The molecule has 0 amide bonds. The summed E-state index contributed by atoms with van der Waals surface area (Å²) in [4.78, 5) is 26.0. The maximum Gasteiger partial charge on any atom is 0.336 e. The van der Waals surface area contributed by atoms with Crippen LogP contribution < -0.4 is 14.2 Å². The Bertz CT molecular complexity index is 1210. The van der Waals surface area contributed by atoms with Crippen molar-refractivity contribution in [3.63, 3.8) is 0 Å². The largest absolute Gasteiger partial charge is 0.497 e. The van der Waals surface area contributed by atoms with Gasteiger partial charge in [0.1, 0.15) is 5.75 Å². The second-order valence-corrected chi connectivity index (χ2v) is 7.45. The molecular formula is C26H22O6. The van der Waals surface area contributed by atoms with Crippen molar-refractivity contribution >= 4 is 17.3 Å². The number of hydrogen-bond donors (Lipinski definition) is 1. The van der Waals surface area contributed by atoms with E-state index in [1.807, 2.05) is 31.2 Å². The van der Waals surface area contributed by atoms with Crippen LogP contribution in [0.2, 0.25) is 0 Å². The van der Waals surface area contributed by atoms with Gasteiger partial charge in [0.15, 0.2) is 17.3 Å². The number of hydrogen-bond acceptors (Lipinski definition) is 5. The highest BCUT2D eigenvalue weighted by molar-refractivity contribution is 6.26. The van der Waals surface area contributed by atoms with Crippen LogP contribution in [-0.2, 0) is 11.2 Å². The summed E-state index contributed by atoms with van der Waals surface area (Å²) in [5, 5.41) is 10.2. The van der Waals surface area contributed by atoms with Gasteiger partial charge in [-0.1, -0.05) is 35.9 Å². The molecule has 1 aliphatic heterocycles. The van der Waals surface area contributed by atoms with Crippen molar-refractivity contribution in [3.8, 4) is 17.2 Å². The number of carboxylic acid groups (broad SMARTS) is 1. The molecule has 32 heavy (non-hydrogen) atoms. The zero-order valence-corrected chi connectivity index (χ0v) is 17.8. The van der Waals surface area contributed by atoms with E-state index in [0.717, 1.165) is 11.1 Å². The summed E-state index contributed by atoms with van der Waals surface area (Å²) in [6.07, 6.45) is 0.169. The average molecular weight is 430 g/mol. The molecule has 0 aromatic heterocycles. The SMILES string of the molecule is COc1ccc(C(=O)/C(Cc2cccc(C)c2)=C(\C(=O)O)c2ccc3c(c2)OCO3)cc1. The van der Waals surface area contributed by atoms with Gasteiger partial charge in [0.05, 0.1) is 12.7 Å². The number of rotatable bonds is 7. The zero-order valence-electron chi connectivity index (χ0n) is 17.8. The Morgan fingerprint density at radius 2 is 1.66 bits per heavy atom. The van der Waals surface area contributed by atoms with Crippen LogP contribution in [0.1, 0.15) is 27.0 Å². The van der Waals surface area contributed by atoms with Crippen LogP contribution in [0.5, 0.6) is 17.2 Å². The Labute approximate surface area is 185 Å². The molecule has 1 aliphatic rings. The normalized spacial score (nSPS) is 12.8. The predicted molar refractivity (Wildman–Crippen MR) is 119 cm³/mol. The highest BCUT2D eigenvalue weighted by atomic mass is 16.7. The minimum atomic E-state index is -1.19. The monoisotopic (exact) mass is 430 g/mol. The minimum absolute atomic E-state index is 0.0642. The summed E-state index contributed by atoms with van der Waals surface area (Å²) in [5.74, 6) is 0.0610. The van der Waals surface area contributed by atoms with E-state index in [4.69, 9.17) is 14.2 Å². The van der Waals surface area contributed by atoms with Gasteiger partial charge in [0.2, 0.25) is 6.79 Å². The van der Waals surface area contributed by atoms with Crippen LogP contribution in [0, 0.1) is 6.92 Å². The molecule has 0 saturated carbocycles. The number of Topliss-reactive ketones (excluding diaryl/α,β-unsaturated/α-hetero) is 1. The molecular weight excluding hydrogens is 408 g/mol. The van der Waals surface area contributed by atoms with Gasteiger partial charge in [-0.15, -0.1) is 0 Å². The van der Waals surface area contributed by atoms with Gasteiger partial charge in [-0.3, -0.25) is 4.79 Å². The molecule has 1 heterocycles. The molecule has 6 nitrogen and oxygen atoms in total. The second kappa shape index (κ2) is 8.98.